The van der Waals surface area contributed by atoms with Gasteiger partial charge in [-0.25, -0.2) is 4.57 Å². The van der Waals surface area contributed by atoms with Crippen LogP contribution in [-0.2, 0) is 0 Å². The molecule has 40 heavy (non-hydrogen) atoms. The SMILES string of the molecule is CCC.CCC.CCCC.Cc1ccc(Oc2ccc(-n3c(=O)c4cc5c(=O)[nH]c(=O)c5cc4c3=O)cc2)cc1. The second-order valence-electron chi connectivity index (χ2n) is 9.50. The van der Waals surface area contributed by atoms with Gasteiger partial charge in [0.25, 0.3) is 22.2 Å². The van der Waals surface area contributed by atoms with Gasteiger partial charge in [0, 0.05) is 0 Å². The first-order chi connectivity index (χ1) is 19.2. The quantitative estimate of drug-likeness (QED) is 0.259. The van der Waals surface area contributed by atoms with Gasteiger partial charge < -0.3 is 4.74 Å². The Morgan fingerprint density at radius 3 is 1.35 bits per heavy atom. The molecule has 0 aliphatic rings. The summed E-state index contributed by atoms with van der Waals surface area (Å²) in [5.74, 6) is 1.23. The van der Waals surface area contributed by atoms with Crippen molar-refractivity contribution < 1.29 is 4.74 Å². The zero-order valence-electron chi connectivity index (χ0n) is 24.6. The fourth-order valence-electron chi connectivity index (χ4n) is 3.54. The van der Waals surface area contributed by atoms with Crippen LogP contribution < -0.4 is 27.0 Å². The molecule has 1 N–H and O–H groups in total. The number of aryl methyl sites for hydroxylation is 1. The number of aromatic nitrogens is 2. The molecule has 2 aromatic heterocycles. The molecule has 0 fully saturated rings. The number of unbranched alkanes of at least 4 members (excludes halogenated alkanes) is 1. The number of hydrogen-bond acceptors (Lipinski definition) is 5. The molecule has 0 aliphatic heterocycles. The normalized spacial score (nSPS) is 10.2. The van der Waals surface area contributed by atoms with E-state index < -0.39 is 22.2 Å². The third-order valence-electron chi connectivity index (χ3n) is 5.59. The van der Waals surface area contributed by atoms with Crippen molar-refractivity contribution in [3.05, 3.63) is 108 Å². The molecule has 0 unspecified atom stereocenters. The van der Waals surface area contributed by atoms with Crippen molar-refractivity contribution in [3.8, 4) is 17.2 Å². The van der Waals surface area contributed by atoms with Crippen molar-refractivity contribution in [2.45, 2.75) is 74.1 Å². The Morgan fingerprint density at radius 2 is 0.975 bits per heavy atom. The smallest absolute Gasteiger partial charge is 0.266 e. The lowest BCUT2D eigenvalue weighted by molar-refractivity contribution is 0.482. The Bertz CT molecular complexity index is 1620. The van der Waals surface area contributed by atoms with E-state index in [4.69, 9.17) is 4.74 Å². The van der Waals surface area contributed by atoms with E-state index in [2.05, 4.69) is 46.5 Å². The predicted octanol–water partition coefficient (Wildman–Crippen LogP) is 7.17. The Hall–Kier alpha value is -4.26. The third-order valence-corrected chi connectivity index (χ3v) is 5.59. The molecule has 0 amide bonds. The monoisotopic (exact) mass is 544 g/mol. The predicted molar refractivity (Wildman–Crippen MR) is 166 cm³/mol. The Balaban J connectivity index is 0.000000491. The summed E-state index contributed by atoms with van der Waals surface area (Å²) in [7, 11) is 0. The molecule has 0 aliphatic carbocycles. The average Bonchev–Trinajstić information content (AvgIpc) is 3.36. The molecule has 5 aromatic rings. The van der Waals surface area contributed by atoms with Crippen LogP contribution >= 0.6 is 0 Å². The van der Waals surface area contributed by atoms with E-state index in [0.29, 0.717) is 17.2 Å². The van der Waals surface area contributed by atoms with Gasteiger partial charge in [-0.1, -0.05) is 84.9 Å². The molecule has 5 rings (SSSR count). The summed E-state index contributed by atoms with van der Waals surface area (Å²) in [6.45, 7) is 14.8. The summed E-state index contributed by atoms with van der Waals surface area (Å²) < 4.78 is 6.80. The lowest BCUT2D eigenvalue weighted by Crippen LogP contribution is -2.23. The number of H-pyrrole nitrogens is 1. The summed E-state index contributed by atoms with van der Waals surface area (Å²) in [6, 6.07) is 16.7. The second kappa shape index (κ2) is 15.4. The molecule has 7 nitrogen and oxygen atoms in total. The standard InChI is InChI=1S/C23H14N2O5.C4H10.2C3H8/c1-12-2-6-14(7-3-12)30-15-8-4-13(5-9-15)25-22(28)18-10-16-17(11-19(18)23(25)29)21(27)24-20(16)26;1-3-4-2;2*1-3-2/h2-11H,1H3,(H,24,26,27);3-4H2,1-2H3;2*3H2,1-2H3. The van der Waals surface area contributed by atoms with Crippen LogP contribution in [0.3, 0.4) is 0 Å². The molecule has 0 bridgehead atoms. The van der Waals surface area contributed by atoms with E-state index in [-0.39, 0.29) is 21.5 Å². The number of rotatable bonds is 4. The van der Waals surface area contributed by atoms with Crippen molar-refractivity contribution in [1.82, 2.24) is 9.55 Å². The molecule has 0 spiro atoms. The van der Waals surface area contributed by atoms with Crippen molar-refractivity contribution in [2.75, 3.05) is 0 Å². The van der Waals surface area contributed by atoms with Crippen LogP contribution in [0.4, 0.5) is 0 Å². The molecule has 212 valence electrons. The van der Waals surface area contributed by atoms with Crippen LogP contribution in [0, 0.1) is 6.92 Å². The highest BCUT2D eigenvalue weighted by atomic mass is 16.5. The van der Waals surface area contributed by atoms with E-state index in [1.807, 2.05) is 31.2 Å². The zero-order chi connectivity index (χ0) is 29.8. The first-order valence-corrected chi connectivity index (χ1v) is 13.9. The minimum Gasteiger partial charge on any atom is -0.457 e. The minimum absolute atomic E-state index is 0.101. The molecule has 0 saturated carbocycles. The van der Waals surface area contributed by atoms with Crippen LogP contribution in [0.5, 0.6) is 11.5 Å². The van der Waals surface area contributed by atoms with E-state index in [1.54, 1.807) is 24.3 Å². The summed E-state index contributed by atoms with van der Waals surface area (Å²) >= 11 is 0. The van der Waals surface area contributed by atoms with Gasteiger partial charge in [-0.3, -0.25) is 24.2 Å². The lowest BCUT2D eigenvalue weighted by Gasteiger charge is -2.07. The van der Waals surface area contributed by atoms with Gasteiger partial charge in [0.2, 0.25) is 0 Å². The maximum atomic E-state index is 12.9. The molecule has 0 radical (unpaired) electrons. The van der Waals surface area contributed by atoms with Gasteiger partial charge in [-0.15, -0.1) is 0 Å². The van der Waals surface area contributed by atoms with Crippen LogP contribution in [-0.4, -0.2) is 9.55 Å². The number of nitrogens with zero attached hydrogens (tertiary/aromatic N) is 1. The Kier molecular flexibility index (Phi) is 12.3. The second-order valence-corrected chi connectivity index (χ2v) is 9.50. The van der Waals surface area contributed by atoms with Gasteiger partial charge in [-0.2, -0.15) is 0 Å². The van der Waals surface area contributed by atoms with Crippen LogP contribution in [0.15, 0.2) is 79.8 Å². The zero-order valence-corrected chi connectivity index (χ0v) is 24.6. The molecular weight excluding hydrogens is 504 g/mol. The molecular formula is C33H40N2O5. The van der Waals surface area contributed by atoms with Crippen molar-refractivity contribution in [1.29, 1.82) is 0 Å². The van der Waals surface area contributed by atoms with Gasteiger partial charge in [0.15, 0.2) is 0 Å². The average molecular weight is 545 g/mol. The maximum absolute atomic E-state index is 12.9. The van der Waals surface area contributed by atoms with E-state index >= 15 is 0 Å². The van der Waals surface area contributed by atoms with Crippen LogP contribution in [0.25, 0.3) is 27.2 Å². The fourth-order valence-corrected chi connectivity index (χ4v) is 3.54. The van der Waals surface area contributed by atoms with Crippen molar-refractivity contribution in [2.24, 2.45) is 0 Å². The topological polar surface area (TPSA) is 98.2 Å². The van der Waals surface area contributed by atoms with E-state index in [1.165, 1.54) is 37.8 Å². The summed E-state index contributed by atoms with van der Waals surface area (Å²) in [6.07, 6.45) is 5.14. The Labute approximate surface area is 234 Å². The number of ether oxygens (including phenoxy) is 1. The van der Waals surface area contributed by atoms with E-state index in [0.717, 1.165) is 10.1 Å². The van der Waals surface area contributed by atoms with Gasteiger partial charge in [0.1, 0.15) is 11.5 Å². The number of benzene rings is 3. The highest BCUT2D eigenvalue weighted by Gasteiger charge is 2.18. The number of nitrogens with one attached hydrogen (secondary N) is 1. The number of fused-ring (bicyclic) bond motifs is 2. The molecule has 2 heterocycles. The first kappa shape index (κ1) is 32.0. The highest BCUT2D eigenvalue weighted by molar-refractivity contribution is 5.97. The fraction of sp³-hybridized carbons (Fsp3) is 0.333. The third kappa shape index (κ3) is 7.65. The lowest BCUT2D eigenvalue weighted by atomic mass is 10.1. The van der Waals surface area contributed by atoms with Crippen molar-refractivity contribution >= 4 is 21.5 Å². The maximum Gasteiger partial charge on any atom is 0.266 e. The molecule has 0 saturated heterocycles. The van der Waals surface area contributed by atoms with Gasteiger partial charge in [0.05, 0.1) is 27.2 Å². The summed E-state index contributed by atoms with van der Waals surface area (Å²) in [5.41, 5.74) is -0.751. The number of hydrogen-bond donors (Lipinski definition) is 1. The largest absolute Gasteiger partial charge is 0.457 e. The van der Waals surface area contributed by atoms with E-state index in [9.17, 15) is 19.2 Å². The molecule has 0 atom stereocenters. The highest BCUT2D eigenvalue weighted by Crippen LogP contribution is 2.23. The summed E-state index contributed by atoms with van der Waals surface area (Å²) in [4.78, 5) is 51.6. The molecule has 7 heteroatoms. The molecule has 3 aromatic carbocycles. The minimum atomic E-state index is -0.575. The van der Waals surface area contributed by atoms with Gasteiger partial charge in [-0.05, 0) is 55.5 Å². The van der Waals surface area contributed by atoms with Crippen molar-refractivity contribution in [3.63, 3.8) is 0 Å². The van der Waals surface area contributed by atoms with Crippen LogP contribution in [0.1, 0.15) is 72.8 Å². The van der Waals surface area contributed by atoms with Gasteiger partial charge >= 0.3 is 0 Å². The first-order valence-electron chi connectivity index (χ1n) is 13.9. The summed E-state index contributed by atoms with van der Waals surface area (Å²) in [5, 5.41) is 0.402. The Morgan fingerprint density at radius 1 is 0.600 bits per heavy atom. The number of aromatic amines is 1. The van der Waals surface area contributed by atoms with Crippen LogP contribution in [0.2, 0.25) is 0 Å².